The number of methoxy groups -OCH3 is 4. The number of nitrogens with zero attached hydrogens (tertiary/aromatic N) is 3. The van der Waals surface area contributed by atoms with Crippen molar-refractivity contribution in [3.63, 3.8) is 0 Å². The number of hydrogen-bond donors (Lipinski definition) is 1. The number of fused-ring (bicyclic) bond motifs is 4. The average molecular weight is 998 g/mol. The average Bonchev–Trinajstić information content (AvgIpc) is 3.90. The van der Waals surface area contributed by atoms with Gasteiger partial charge in [-0.25, -0.2) is 9.69 Å². The zero-order chi connectivity index (χ0) is 51.5. The maximum absolute atomic E-state index is 16.8. The highest BCUT2D eigenvalue weighted by molar-refractivity contribution is 6.23. The van der Waals surface area contributed by atoms with Gasteiger partial charge in [0.15, 0.2) is 11.5 Å². The molecule has 4 heterocycles. The molecule has 74 heavy (non-hydrogen) atoms. The summed E-state index contributed by atoms with van der Waals surface area (Å²) in [5.41, 5.74) is 3.00. The van der Waals surface area contributed by atoms with Gasteiger partial charge in [0.1, 0.15) is 42.3 Å². The Morgan fingerprint density at radius 1 is 0.703 bits per heavy atom. The lowest BCUT2D eigenvalue weighted by molar-refractivity contribution is -0.179. The van der Waals surface area contributed by atoms with E-state index in [1.807, 2.05) is 89.8 Å². The van der Waals surface area contributed by atoms with Gasteiger partial charge in [-0.1, -0.05) is 90.7 Å². The molecular weight excluding hydrogens is 943 g/mol. The fourth-order valence-corrected chi connectivity index (χ4v) is 11.3. The summed E-state index contributed by atoms with van der Waals surface area (Å²) in [6, 6.07) is 38.5. The van der Waals surface area contributed by atoms with Crippen molar-refractivity contribution in [3.8, 4) is 34.8 Å². The van der Waals surface area contributed by atoms with Crippen molar-refractivity contribution in [3.05, 3.63) is 184 Å². The molecule has 6 atom stereocenters. The molecule has 15 heteroatoms. The quantitative estimate of drug-likeness (QED) is 0.0688. The largest absolute Gasteiger partial charge is 0.497 e. The molecule has 0 aromatic heterocycles. The number of esters is 1. The van der Waals surface area contributed by atoms with E-state index >= 15 is 14.4 Å². The Bertz CT molecular complexity index is 3140. The van der Waals surface area contributed by atoms with Crippen molar-refractivity contribution in [2.24, 2.45) is 5.92 Å². The van der Waals surface area contributed by atoms with Gasteiger partial charge in [0, 0.05) is 36.9 Å². The summed E-state index contributed by atoms with van der Waals surface area (Å²) < 4.78 is 40.8. The van der Waals surface area contributed by atoms with E-state index in [2.05, 4.69) is 11.8 Å². The Kier molecular flexibility index (Phi) is 14.1. The highest BCUT2D eigenvalue weighted by atomic mass is 16.6. The first-order valence-electron chi connectivity index (χ1n) is 24.4. The molecule has 1 N–H and O–H groups in total. The maximum Gasteiger partial charge on any atom is 0.421 e. The number of rotatable bonds is 13. The number of amides is 3. The molecule has 6 aromatic carbocycles. The SMILES string of the molecule is COCCOC(=O)N1C(=O)[C@@]2(c3cc(C#Cc4ccc(OC)cc4)ccc31)[C@H](c1ccccc1OCCO)N1[C@H](c3ccccc3)[C@H](c3ccccc3)OC(=O)[C@H]1[C@@H]2C(=O)N1CCc2cc(OC)c(OC)cc2C1. The summed E-state index contributed by atoms with van der Waals surface area (Å²) >= 11 is 0. The minimum Gasteiger partial charge on any atom is -0.497 e. The number of carbonyl (C=O) groups excluding carboxylic acids is 4. The van der Waals surface area contributed by atoms with Gasteiger partial charge in [-0.2, -0.15) is 0 Å². The summed E-state index contributed by atoms with van der Waals surface area (Å²) in [7, 11) is 6.16. The predicted molar refractivity (Wildman–Crippen MR) is 272 cm³/mol. The van der Waals surface area contributed by atoms with Gasteiger partial charge in [-0.05, 0) is 94.9 Å². The fourth-order valence-electron chi connectivity index (χ4n) is 11.3. The van der Waals surface area contributed by atoms with E-state index in [4.69, 9.17) is 33.2 Å². The minimum atomic E-state index is -2.12. The van der Waals surface area contributed by atoms with Crippen LogP contribution >= 0.6 is 0 Å². The Labute approximate surface area is 429 Å². The van der Waals surface area contributed by atoms with Crippen molar-refractivity contribution < 1.29 is 57.4 Å². The van der Waals surface area contributed by atoms with E-state index in [0.29, 0.717) is 51.7 Å². The fraction of sp³-hybridized carbons (Fsp3) is 0.288. The summed E-state index contributed by atoms with van der Waals surface area (Å²) in [5, 5.41) is 10.2. The third-order valence-electron chi connectivity index (χ3n) is 14.5. The minimum absolute atomic E-state index is 0.0411. The Morgan fingerprint density at radius 3 is 2.05 bits per heavy atom. The number of ether oxygens (including phenoxy) is 7. The van der Waals surface area contributed by atoms with Crippen LogP contribution in [0.1, 0.15) is 62.7 Å². The van der Waals surface area contributed by atoms with Gasteiger partial charge >= 0.3 is 12.1 Å². The van der Waals surface area contributed by atoms with Crippen LogP contribution in [-0.4, -0.2) is 106 Å². The van der Waals surface area contributed by atoms with E-state index < -0.39 is 59.4 Å². The lowest BCUT2D eigenvalue weighted by atomic mass is 9.64. The van der Waals surface area contributed by atoms with Gasteiger partial charge in [0.25, 0.3) is 0 Å². The molecule has 3 amide bonds. The molecule has 15 nitrogen and oxygen atoms in total. The summed E-state index contributed by atoms with van der Waals surface area (Å²) in [5.74, 6) is 4.84. The normalized spacial score (nSPS) is 21.7. The molecule has 4 aliphatic rings. The first-order chi connectivity index (χ1) is 36.2. The van der Waals surface area contributed by atoms with Gasteiger partial charge in [-0.3, -0.25) is 19.3 Å². The second-order valence-corrected chi connectivity index (χ2v) is 18.3. The van der Waals surface area contributed by atoms with Crippen molar-refractivity contribution in [1.82, 2.24) is 9.80 Å². The smallest absolute Gasteiger partial charge is 0.421 e. The molecule has 0 unspecified atom stereocenters. The molecule has 0 bridgehead atoms. The zero-order valence-electron chi connectivity index (χ0n) is 41.4. The highest BCUT2D eigenvalue weighted by Gasteiger charge is 2.76. The molecule has 2 saturated heterocycles. The third-order valence-corrected chi connectivity index (χ3v) is 14.5. The first-order valence-corrected chi connectivity index (χ1v) is 24.4. The van der Waals surface area contributed by atoms with E-state index in [1.54, 1.807) is 80.8 Å². The van der Waals surface area contributed by atoms with Gasteiger partial charge in [-0.15, -0.1) is 0 Å². The van der Waals surface area contributed by atoms with Crippen molar-refractivity contribution in [2.75, 3.05) is 66.3 Å². The molecular formula is C59H55N3O12. The molecule has 1 spiro atoms. The van der Waals surface area contributed by atoms with Crippen LogP contribution in [0.15, 0.2) is 140 Å². The molecule has 6 aromatic rings. The van der Waals surface area contributed by atoms with Crippen LogP contribution in [0.2, 0.25) is 0 Å². The standard InChI is InChI=1S/C59H55N3O12/c1-68-31-32-73-58(67)61-46-26-23-38(20-19-37-21-24-43(69-2)25-22-37)33-45(46)59(57(61)66)50(55(64)60-28-27-41-34-48(70-3)49(71-4)35-42(41)36-60)52-56(65)74-53(40-15-9-6-10-16-40)51(39-13-7-5-8-14-39)62(52)54(59)44-17-11-12-18-47(44)72-30-29-63/h5-18,21-26,33-35,50-54,63H,27-32,36H2,1-4H3/t50-,51-,52-,53+,54+,59-/m1/s1. The summed E-state index contributed by atoms with van der Waals surface area (Å²) in [6.45, 7) is -0.293. The lowest BCUT2D eigenvalue weighted by Crippen LogP contribution is -2.57. The van der Waals surface area contributed by atoms with Crippen LogP contribution in [0.3, 0.4) is 0 Å². The van der Waals surface area contributed by atoms with Crippen molar-refractivity contribution >= 4 is 29.6 Å². The predicted octanol–water partition coefficient (Wildman–Crippen LogP) is 7.52. The second-order valence-electron chi connectivity index (χ2n) is 18.3. The van der Waals surface area contributed by atoms with E-state index in [0.717, 1.165) is 21.6 Å². The Hall–Kier alpha value is -8.16. The first kappa shape index (κ1) is 49.4. The number of carbonyl (C=O) groups is 4. The van der Waals surface area contributed by atoms with Crippen LogP contribution in [-0.2, 0) is 47.0 Å². The molecule has 2 fully saturated rings. The molecule has 4 aliphatic heterocycles. The summed E-state index contributed by atoms with van der Waals surface area (Å²) in [4.78, 5) is 68.5. The molecule has 0 radical (unpaired) electrons. The second kappa shape index (κ2) is 21.1. The molecule has 0 saturated carbocycles. The van der Waals surface area contributed by atoms with Crippen LogP contribution < -0.4 is 23.8 Å². The number of anilines is 1. The third kappa shape index (κ3) is 8.64. The monoisotopic (exact) mass is 997 g/mol. The van der Waals surface area contributed by atoms with Crippen molar-refractivity contribution in [2.45, 2.75) is 42.6 Å². The summed E-state index contributed by atoms with van der Waals surface area (Å²) in [6.07, 6.45) is -1.55. The van der Waals surface area contributed by atoms with Crippen molar-refractivity contribution in [1.29, 1.82) is 0 Å². The number of morpholine rings is 1. The number of imide groups is 1. The number of cyclic esters (lactones) is 1. The van der Waals surface area contributed by atoms with E-state index in [9.17, 15) is 9.90 Å². The lowest BCUT2D eigenvalue weighted by Gasteiger charge is -2.46. The number of hydrogen-bond acceptors (Lipinski definition) is 13. The maximum atomic E-state index is 16.8. The Morgan fingerprint density at radius 2 is 1.36 bits per heavy atom. The molecule has 10 rings (SSSR count). The number of aliphatic hydroxyl groups excluding tert-OH is 1. The topological polar surface area (TPSA) is 163 Å². The number of para-hydroxylation sites is 1. The molecule has 0 aliphatic carbocycles. The van der Waals surface area contributed by atoms with Gasteiger partial charge in [0.05, 0.1) is 58.2 Å². The Balaban J connectivity index is 1.28. The van der Waals surface area contributed by atoms with Crippen LogP contribution in [0.5, 0.6) is 23.0 Å². The zero-order valence-corrected chi connectivity index (χ0v) is 41.4. The van der Waals surface area contributed by atoms with E-state index in [-0.39, 0.29) is 50.8 Å². The number of aliphatic hydroxyl groups is 1. The van der Waals surface area contributed by atoms with Gasteiger partial charge < -0.3 is 43.2 Å². The molecule has 378 valence electrons. The van der Waals surface area contributed by atoms with Gasteiger partial charge in [0.2, 0.25) is 11.8 Å². The van der Waals surface area contributed by atoms with E-state index in [1.165, 1.54) is 7.11 Å². The number of benzene rings is 6. The van der Waals surface area contributed by atoms with Crippen LogP contribution in [0.4, 0.5) is 10.5 Å². The highest BCUT2D eigenvalue weighted by Crippen LogP contribution is 2.67. The van der Waals surface area contributed by atoms with Crippen LogP contribution in [0, 0.1) is 17.8 Å². The van der Waals surface area contributed by atoms with Crippen LogP contribution in [0.25, 0.3) is 0 Å².